The summed E-state index contributed by atoms with van der Waals surface area (Å²) in [6, 6.07) is 7.29. The zero-order chi connectivity index (χ0) is 16.3. The molecule has 1 amide bonds. The second-order valence-corrected chi connectivity index (χ2v) is 8.05. The molecule has 22 heavy (non-hydrogen) atoms. The van der Waals surface area contributed by atoms with Gasteiger partial charge in [0, 0.05) is 23.7 Å². The Kier molecular flexibility index (Phi) is 4.94. The van der Waals surface area contributed by atoms with Crippen LogP contribution in [-0.4, -0.2) is 43.5 Å². The van der Waals surface area contributed by atoms with E-state index in [0.29, 0.717) is 5.69 Å². The van der Waals surface area contributed by atoms with Gasteiger partial charge in [0.1, 0.15) is 0 Å². The summed E-state index contributed by atoms with van der Waals surface area (Å²) >= 11 is 1.56. The lowest BCUT2D eigenvalue weighted by Crippen LogP contribution is -2.34. The Hall–Kier alpha value is -1.77. The number of thiazole rings is 1. The zero-order valence-electron chi connectivity index (χ0n) is 12.5. The van der Waals surface area contributed by atoms with Crippen molar-refractivity contribution < 1.29 is 13.2 Å². The van der Waals surface area contributed by atoms with Gasteiger partial charge in [-0.2, -0.15) is 4.31 Å². The third kappa shape index (κ3) is 4.36. The number of rotatable bonds is 5. The van der Waals surface area contributed by atoms with Crippen molar-refractivity contribution >= 4 is 33.0 Å². The Bertz CT molecular complexity index is 784. The van der Waals surface area contributed by atoms with Crippen LogP contribution in [0.1, 0.15) is 5.01 Å². The van der Waals surface area contributed by atoms with Gasteiger partial charge < -0.3 is 5.32 Å². The first-order chi connectivity index (χ1) is 10.3. The second-order valence-electron chi connectivity index (χ2n) is 4.90. The first kappa shape index (κ1) is 16.6. The number of benzene rings is 1. The summed E-state index contributed by atoms with van der Waals surface area (Å²) in [4.78, 5) is 16.3. The monoisotopic (exact) mass is 339 g/mol. The van der Waals surface area contributed by atoms with E-state index in [2.05, 4.69) is 10.3 Å². The van der Waals surface area contributed by atoms with Gasteiger partial charge >= 0.3 is 0 Å². The van der Waals surface area contributed by atoms with Crippen molar-refractivity contribution in [2.75, 3.05) is 25.2 Å². The van der Waals surface area contributed by atoms with Crippen LogP contribution in [0.5, 0.6) is 0 Å². The van der Waals surface area contributed by atoms with Crippen LogP contribution in [0, 0.1) is 6.92 Å². The van der Waals surface area contributed by atoms with Crippen LogP contribution in [-0.2, 0) is 14.8 Å². The molecule has 1 aromatic carbocycles. The molecule has 118 valence electrons. The van der Waals surface area contributed by atoms with Crippen molar-refractivity contribution in [2.24, 2.45) is 0 Å². The Balaban J connectivity index is 2.09. The number of sulfonamides is 1. The van der Waals surface area contributed by atoms with Crippen molar-refractivity contribution in [3.8, 4) is 11.3 Å². The van der Waals surface area contributed by atoms with Gasteiger partial charge in [0.15, 0.2) is 0 Å². The van der Waals surface area contributed by atoms with Gasteiger partial charge in [-0.05, 0) is 19.1 Å². The standard InChI is InChI=1S/C14H17N3O3S2/c1-10-15-13(9-21-10)11-5-4-6-12(7-11)16-14(18)8-17(2)22(3,19)20/h4-7,9H,8H2,1-3H3,(H,16,18). The number of nitrogens with zero attached hydrogens (tertiary/aromatic N) is 2. The van der Waals surface area contributed by atoms with Crippen LogP contribution in [0.25, 0.3) is 11.3 Å². The number of hydrogen-bond donors (Lipinski definition) is 1. The molecule has 1 aromatic heterocycles. The van der Waals surface area contributed by atoms with E-state index in [-0.39, 0.29) is 12.5 Å². The number of aromatic nitrogens is 1. The fourth-order valence-corrected chi connectivity index (χ4v) is 2.75. The average molecular weight is 339 g/mol. The number of carbonyl (C=O) groups is 1. The lowest BCUT2D eigenvalue weighted by Gasteiger charge is -2.14. The zero-order valence-corrected chi connectivity index (χ0v) is 14.2. The van der Waals surface area contributed by atoms with E-state index >= 15 is 0 Å². The number of amides is 1. The lowest BCUT2D eigenvalue weighted by molar-refractivity contribution is -0.116. The van der Waals surface area contributed by atoms with Crippen molar-refractivity contribution in [3.05, 3.63) is 34.7 Å². The highest BCUT2D eigenvalue weighted by Gasteiger charge is 2.15. The minimum Gasteiger partial charge on any atom is -0.325 e. The van der Waals surface area contributed by atoms with Crippen molar-refractivity contribution in [1.82, 2.24) is 9.29 Å². The second kappa shape index (κ2) is 6.55. The predicted octanol–water partition coefficient (Wildman–Crippen LogP) is 1.95. The molecule has 0 saturated carbocycles. The largest absolute Gasteiger partial charge is 0.325 e. The Labute approximate surface area is 133 Å². The summed E-state index contributed by atoms with van der Waals surface area (Å²) in [5.74, 6) is -0.389. The highest BCUT2D eigenvalue weighted by Crippen LogP contribution is 2.24. The molecule has 0 saturated heterocycles. The predicted molar refractivity (Wildman–Crippen MR) is 88.4 cm³/mol. The van der Waals surface area contributed by atoms with E-state index < -0.39 is 10.0 Å². The maximum atomic E-state index is 11.9. The summed E-state index contributed by atoms with van der Waals surface area (Å²) in [7, 11) is -2.01. The number of aryl methyl sites for hydroxylation is 1. The molecule has 8 heteroatoms. The van der Waals surface area contributed by atoms with E-state index in [1.165, 1.54) is 7.05 Å². The Morgan fingerprint density at radius 1 is 1.41 bits per heavy atom. The Morgan fingerprint density at radius 2 is 2.14 bits per heavy atom. The van der Waals surface area contributed by atoms with E-state index in [4.69, 9.17) is 0 Å². The molecular formula is C14H17N3O3S2. The molecule has 2 aromatic rings. The van der Waals surface area contributed by atoms with E-state index in [1.807, 2.05) is 30.5 Å². The average Bonchev–Trinajstić information content (AvgIpc) is 2.84. The summed E-state index contributed by atoms with van der Waals surface area (Å²) < 4.78 is 23.6. The van der Waals surface area contributed by atoms with Crippen LogP contribution in [0.2, 0.25) is 0 Å². The smallest absolute Gasteiger partial charge is 0.239 e. The van der Waals surface area contributed by atoms with Crippen molar-refractivity contribution in [1.29, 1.82) is 0 Å². The molecule has 0 fully saturated rings. The van der Waals surface area contributed by atoms with Gasteiger partial charge in [-0.25, -0.2) is 13.4 Å². The first-order valence-corrected chi connectivity index (χ1v) is 9.22. The van der Waals surface area contributed by atoms with Gasteiger partial charge in [-0.3, -0.25) is 4.79 Å². The van der Waals surface area contributed by atoms with Gasteiger partial charge in [-0.1, -0.05) is 12.1 Å². The van der Waals surface area contributed by atoms with Crippen LogP contribution < -0.4 is 5.32 Å². The van der Waals surface area contributed by atoms with Crippen LogP contribution >= 0.6 is 11.3 Å². The van der Waals surface area contributed by atoms with Gasteiger partial charge in [-0.15, -0.1) is 11.3 Å². The molecular weight excluding hydrogens is 322 g/mol. The molecule has 0 aliphatic rings. The number of likely N-dealkylation sites (N-methyl/N-ethyl adjacent to an activating group) is 1. The van der Waals surface area contributed by atoms with Crippen LogP contribution in [0.3, 0.4) is 0 Å². The molecule has 0 radical (unpaired) electrons. The summed E-state index contributed by atoms with van der Waals surface area (Å²) in [6.07, 6.45) is 1.06. The third-order valence-electron chi connectivity index (χ3n) is 2.99. The molecule has 0 bridgehead atoms. The van der Waals surface area contributed by atoms with Gasteiger partial charge in [0.25, 0.3) is 0 Å². The lowest BCUT2D eigenvalue weighted by atomic mass is 10.1. The number of hydrogen-bond acceptors (Lipinski definition) is 5. The molecule has 1 heterocycles. The molecule has 2 rings (SSSR count). The minimum absolute atomic E-state index is 0.223. The van der Waals surface area contributed by atoms with Gasteiger partial charge in [0.05, 0.1) is 23.5 Å². The van der Waals surface area contributed by atoms with E-state index in [0.717, 1.165) is 26.8 Å². The first-order valence-electron chi connectivity index (χ1n) is 6.49. The summed E-state index contributed by atoms with van der Waals surface area (Å²) in [6.45, 7) is 1.71. The number of anilines is 1. The quantitative estimate of drug-likeness (QED) is 0.903. The van der Waals surface area contributed by atoms with Gasteiger partial charge in [0.2, 0.25) is 15.9 Å². The number of nitrogens with one attached hydrogen (secondary N) is 1. The molecule has 0 atom stereocenters. The maximum Gasteiger partial charge on any atom is 0.239 e. The van der Waals surface area contributed by atoms with Crippen molar-refractivity contribution in [2.45, 2.75) is 6.92 Å². The molecule has 0 spiro atoms. The van der Waals surface area contributed by atoms with E-state index in [1.54, 1.807) is 17.4 Å². The van der Waals surface area contributed by atoms with Crippen molar-refractivity contribution in [3.63, 3.8) is 0 Å². The molecule has 0 aliphatic carbocycles. The molecule has 1 N–H and O–H groups in total. The topological polar surface area (TPSA) is 79.4 Å². The highest BCUT2D eigenvalue weighted by atomic mass is 32.2. The number of carbonyl (C=O) groups excluding carboxylic acids is 1. The molecule has 0 unspecified atom stereocenters. The molecule has 6 nitrogen and oxygen atoms in total. The fraction of sp³-hybridized carbons (Fsp3) is 0.286. The minimum atomic E-state index is -3.37. The fourth-order valence-electron chi connectivity index (χ4n) is 1.77. The molecule has 0 aliphatic heterocycles. The van der Waals surface area contributed by atoms with Crippen LogP contribution in [0.4, 0.5) is 5.69 Å². The Morgan fingerprint density at radius 3 is 2.73 bits per heavy atom. The summed E-state index contributed by atoms with van der Waals surface area (Å²) in [5.41, 5.74) is 2.36. The van der Waals surface area contributed by atoms with E-state index in [9.17, 15) is 13.2 Å². The third-order valence-corrected chi connectivity index (χ3v) is 5.03. The van der Waals surface area contributed by atoms with Crippen LogP contribution in [0.15, 0.2) is 29.6 Å². The SMILES string of the molecule is Cc1nc(-c2cccc(NC(=O)CN(C)S(C)(=O)=O)c2)cs1. The normalized spacial score (nSPS) is 11.6. The highest BCUT2D eigenvalue weighted by molar-refractivity contribution is 7.88. The maximum absolute atomic E-state index is 11.9. The summed E-state index contributed by atoms with van der Waals surface area (Å²) in [5, 5.41) is 5.62.